The number of hydrogen-bond donors (Lipinski definition) is 0. The first-order valence-corrected chi connectivity index (χ1v) is 8.98. The van der Waals surface area contributed by atoms with E-state index in [2.05, 4.69) is 51.3 Å². The predicted molar refractivity (Wildman–Crippen MR) is 100 cm³/mol. The molecule has 0 radical (unpaired) electrons. The van der Waals surface area contributed by atoms with Gasteiger partial charge >= 0.3 is 0 Å². The lowest BCUT2D eigenvalue weighted by Crippen LogP contribution is -2.25. The molecule has 132 valence electrons. The van der Waals surface area contributed by atoms with Crippen molar-refractivity contribution in [2.45, 2.75) is 60.8 Å². The Hall–Kier alpha value is -0.120. The second-order valence-corrected chi connectivity index (χ2v) is 5.80. The zero-order valence-corrected chi connectivity index (χ0v) is 16.7. The van der Waals surface area contributed by atoms with Crippen LogP contribution >= 0.6 is 0 Å². The van der Waals surface area contributed by atoms with Gasteiger partial charge < -0.3 is 14.7 Å². The largest absolute Gasteiger partial charge is 0.312 e. The molecule has 3 heteroatoms. The van der Waals surface area contributed by atoms with E-state index in [1.807, 2.05) is 26.0 Å². The molecule has 0 aliphatic rings. The van der Waals surface area contributed by atoms with Crippen LogP contribution in [0.25, 0.3) is 0 Å². The van der Waals surface area contributed by atoms with Gasteiger partial charge in [-0.05, 0) is 79.7 Å². The van der Waals surface area contributed by atoms with Crippen LogP contribution in [0.1, 0.15) is 60.8 Å². The third-order valence-corrected chi connectivity index (χ3v) is 2.96. The second-order valence-electron chi connectivity index (χ2n) is 5.80. The zero-order valence-electron chi connectivity index (χ0n) is 16.7. The van der Waals surface area contributed by atoms with Crippen molar-refractivity contribution in [2.75, 3.05) is 60.4 Å². The summed E-state index contributed by atoms with van der Waals surface area (Å²) in [6.07, 6.45) is 3.88. The smallest absolute Gasteiger partial charge is 0.00214 e. The summed E-state index contributed by atoms with van der Waals surface area (Å²) in [5.41, 5.74) is 0. The molecule has 0 unspecified atom stereocenters. The molecular weight excluding hydrogens is 258 g/mol. The Bertz CT molecular complexity index is 134. The van der Waals surface area contributed by atoms with Crippen molar-refractivity contribution < 1.29 is 0 Å². The Morgan fingerprint density at radius 2 is 0.714 bits per heavy atom. The maximum atomic E-state index is 2.54. The first kappa shape index (κ1) is 25.8. The molecule has 0 heterocycles. The third kappa shape index (κ3) is 28.7. The van der Waals surface area contributed by atoms with Crippen LogP contribution < -0.4 is 0 Å². The molecule has 0 aromatic rings. The van der Waals surface area contributed by atoms with Crippen LogP contribution in [-0.2, 0) is 0 Å². The predicted octanol–water partition coefficient (Wildman–Crippen LogP) is 4.04. The van der Waals surface area contributed by atoms with E-state index in [-0.39, 0.29) is 0 Å². The lowest BCUT2D eigenvalue weighted by molar-refractivity contribution is 0.275. The van der Waals surface area contributed by atoms with Crippen LogP contribution in [0.5, 0.6) is 0 Å². The van der Waals surface area contributed by atoms with E-state index >= 15 is 0 Å². The van der Waals surface area contributed by atoms with Gasteiger partial charge in [-0.3, -0.25) is 0 Å². The maximum Gasteiger partial charge on any atom is -0.00214 e. The van der Waals surface area contributed by atoms with E-state index in [4.69, 9.17) is 0 Å². The van der Waals surface area contributed by atoms with Crippen LogP contribution in [-0.4, -0.2) is 75.1 Å². The standard InChI is InChI=1S/C9H21N.C6H15N.C3H9N/c1-4-7-10(8-5-2)9-6-3;1-4-7(5-2)6-3;1-4(2)3/h4-9H2,1-3H3;4-6H2,1-3H3;1-3H3. The van der Waals surface area contributed by atoms with Crippen LogP contribution in [0.3, 0.4) is 0 Å². The first-order chi connectivity index (χ1) is 9.92. The Kier molecular flexibility index (Phi) is 27.2. The van der Waals surface area contributed by atoms with Crippen molar-refractivity contribution in [1.82, 2.24) is 14.7 Å². The summed E-state index contributed by atoms with van der Waals surface area (Å²) in [7, 11) is 6.00. The Labute approximate surface area is 136 Å². The number of hydrogen-bond acceptors (Lipinski definition) is 3. The fourth-order valence-electron chi connectivity index (χ4n) is 1.95. The van der Waals surface area contributed by atoms with Crippen molar-refractivity contribution in [3.05, 3.63) is 0 Å². The molecule has 3 nitrogen and oxygen atoms in total. The fraction of sp³-hybridized carbons (Fsp3) is 1.00. The summed E-state index contributed by atoms with van der Waals surface area (Å²) >= 11 is 0. The SMILES string of the molecule is CCCN(CCC)CCC.CCN(CC)CC.CN(C)C. The average molecular weight is 304 g/mol. The topological polar surface area (TPSA) is 9.72 Å². The third-order valence-electron chi connectivity index (χ3n) is 2.96. The number of nitrogens with zero attached hydrogens (tertiary/aromatic N) is 3. The highest BCUT2D eigenvalue weighted by molar-refractivity contribution is 4.53. The van der Waals surface area contributed by atoms with Crippen molar-refractivity contribution in [1.29, 1.82) is 0 Å². The Balaban J connectivity index is -0.000000256. The summed E-state index contributed by atoms with van der Waals surface area (Å²) in [5, 5.41) is 0. The summed E-state index contributed by atoms with van der Waals surface area (Å²) in [6.45, 7) is 20.7. The van der Waals surface area contributed by atoms with Gasteiger partial charge in [-0.2, -0.15) is 0 Å². The highest BCUT2D eigenvalue weighted by atomic mass is 15.1. The van der Waals surface area contributed by atoms with Crippen LogP contribution in [0, 0.1) is 0 Å². The highest BCUT2D eigenvalue weighted by Crippen LogP contribution is 1.94. The molecule has 0 fully saturated rings. The summed E-state index contributed by atoms with van der Waals surface area (Å²) < 4.78 is 0. The fourth-order valence-corrected chi connectivity index (χ4v) is 1.95. The second kappa shape index (κ2) is 22.2. The lowest BCUT2D eigenvalue weighted by Gasteiger charge is -2.19. The maximum absolute atomic E-state index is 2.54. The molecule has 0 bridgehead atoms. The first-order valence-electron chi connectivity index (χ1n) is 8.98. The van der Waals surface area contributed by atoms with Crippen LogP contribution in [0.15, 0.2) is 0 Å². The van der Waals surface area contributed by atoms with E-state index in [9.17, 15) is 0 Å². The minimum atomic E-state index is 1.19. The Morgan fingerprint density at radius 3 is 0.810 bits per heavy atom. The van der Waals surface area contributed by atoms with E-state index in [0.29, 0.717) is 0 Å². The monoisotopic (exact) mass is 303 g/mol. The number of rotatable bonds is 9. The van der Waals surface area contributed by atoms with Gasteiger partial charge in [-0.15, -0.1) is 0 Å². The molecular formula is C18H45N3. The molecule has 0 aliphatic carbocycles. The molecule has 0 spiro atoms. The summed E-state index contributed by atoms with van der Waals surface area (Å²) in [4.78, 5) is 6.92. The van der Waals surface area contributed by atoms with Crippen molar-refractivity contribution in [3.63, 3.8) is 0 Å². The quantitative estimate of drug-likeness (QED) is 0.636. The molecule has 0 aromatic heterocycles. The summed E-state index contributed by atoms with van der Waals surface area (Å²) in [5.74, 6) is 0. The molecule has 0 atom stereocenters. The van der Waals surface area contributed by atoms with Crippen LogP contribution in [0.4, 0.5) is 0 Å². The molecule has 0 saturated heterocycles. The van der Waals surface area contributed by atoms with Gasteiger partial charge in [-0.25, -0.2) is 0 Å². The van der Waals surface area contributed by atoms with Gasteiger partial charge in [0, 0.05) is 0 Å². The summed E-state index contributed by atoms with van der Waals surface area (Å²) in [6, 6.07) is 0. The van der Waals surface area contributed by atoms with Gasteiger partial charge in [-0.1, -0.05) is 41.5 Å². The van der Waals surface area contributed by atoms with Crippen molar-refractivity contribution in [3.8, 4) is 0 Å². The van der Waals surface area contributed by atoms with Crippen molar-refractivity contribution in [2.24, 2.45) is 0 Å². The van der Waals surface area contributed by atoms with Gasteiger partial charge in [0.05, 0.1) is 0 Å². The molecule has 0 aliphatic heterocycles. The van der Waals surface area contributed by atoms with E-state index in [0.717, 1.165) is 0 Å². The Morgan fingerprint density at radius 1 is 0.476 bits per heavy atom. The highest BCUT2D eigenvalue weighted by Gasteiger charge is 1.98. The molecule has 0 aromatic carbocycles. The minimum absolute atomic E-state index is 1.19. The van der Waals surface area contributed by atoms with E-state index in [1.54, 1.807) is 0 Å². The lowest BCUT2D eigenvalue weighted by atomic mass is 10.3. The zero-order chi connectivity index (χ0) is 17.1. The molecule has 0 amide bonds. The average Bonchev–Trinajstić information content (AvgIpc) is 2.42. The normalized spacial score (nSPS) is 10.3. The molecule has 0 N–H and O–H groups in total. The minimum Gasteiger partial charge on any atom is -0.312 e. The van der Waals surface area contributed by atoms with E-state index in [1.165, 1.54) is 58.5 Å². The van der Waals surface area contributed by atoms with Crippen molar-refractivity contribution >= 4 is 0 Å². The van der Waals surface area contributed by atoms with Gasteiger partial charge in [0.2, 0.25) is 0 Å². The molecule has 0 rings (SSSR count). The molecule has 21 heavy (non-hydrogen) atoms. The van der Waals surface area contributed by atoms with Crippen LogP contribution in [0.2, 0.25) is 0 Å². The van der Waals surface area contributed by atoms with Gasteiger partial charge in [0.1, 0.15) is 0 Å². The molecule has 0 saturated carbocycles. The van der Waals surface area contributed by atoms with E-state index < -0.39 is 0 Å². The van der Waals surface area contributed by atoms with Gasteiger partial charge in [0.15, 0.2) is 0 Å². The van der Waals surface area contributed by atoms with Gasteiger partial charge in [0.25, 0.3) is 0 Å².